The van der Waals surface area contributed by atoms with Gasteiger partial charge in [-0.2, -0.15) is 0 Å². The lowest BCUT2D eigenvalue weighted by Gasteiger charge is -2.36. The van der Waals surface area contributed by atoms with Gasteiger partial charge in [0.15, 0.2) is 5.82 Å². The molecule has 2 saturated heterocycles. The van der Waals surface area contributed by atoms with Crippen LogP contribution in [0.4, 0.5) is 11.5 Å². The van der Waals surface area contributed by atoms with Crippen LogP contribution in [0, 0.1) is 5.92 Å². The summed E-state index contributed by atoms with van der Waals surface area (Å²) in [4.78, 5) is 27.3. The molecular formula is C22H29N5O2S. The quantitative estimate of drug-likeness (QED) is 0.711. The lowest BCUT2D eigenvalue weighted by molar-refractivity contribution is -0.125. The molecule has 4 rings (SSSR count). The van der Waals surface area contributed by atoms with Crippen LogP contribution >= 0.6 is 11.8 Å². The van der Waals surface area contributed by atoms with Crippen molar-refractivity contribution in [1.29, 1.82) is 0 Å². The smallest absolute Gasteiger partial charge is 0.223 e. The number of nitrogens with one attached hydrogen (secondary N) is 1. The van der Waals surface area contributed by atoms with Crippen molar-refractivity contribution in [3.63, 3.8) is 0 Å². The Morgan fingerprint density at radius 2 is 1.87 bits per heavy atom. The monoisotopic (exact) mass is 427 g/mol. The molecule has 3 heterocycles. The molecule has 1 N–H and O–H groups in total. The van der Waals surface area contributed by atoms with Crippen LogP contribution in [-0.2, 0) is 16.1 Å². The van der Waals surface area contributed by atoms with E-state index < -0.39 is 0 Å². The van der Waals surface area contributed by atoms with Gasteiger partial charge in [-0.15, -0.1) is 11.8 Å². The molecule has 7 nitrogen and oxygen atoms in total. The lowest BCUT2D eigenvalue weighted by atomic mass is 9.95. The summed E-state index contributed by atoms with van der Waals surface area (Å²) < 4.78 is 5.47. The molecule has 0 radical (unpaired) electrons. The molecule has 0 unspecified atom stereocenters. The van der Waals surface area contributed by atoms with Crippen molar-refractivity contribution in [2.24, 2.45) is 5.92 Å². The minimum absolute atomic E-state index is 0.0585. The third kappa shape index (κ3) is 5.05. The van der Waals surface area contributed by atoms with E-state index in [4.69, 9.17) is 4.74 Å². The summed E-state index contributed by atoms with van der Waals surface area (Å²) >= 11 is 1.72. The zero-order valence-electron chi connectivity index (χ0n) is 17.4. The molecule has 2 aliphatic heterocycles. The molecule has 30 heavy (non-hydrogen) atoms. The summed E-state index contributed by atoms with van der Waals surface area (Å²) in [7, 11) is 0. The molecule has 1 aromatic carbocycles. The van der Waals surface area contributed by atoms with Crippen LogP contribution in [-0.4, -0.2) is 61.5 Å². The molecule has 0 aliphatic carbocycles. The molecule has 8 heteroatoms. The first kappa shape index (κ1) is 20.9. The number of rotatable bonds is 6. The fourth-order valence-corrected chi connectivity index (χ4v) is 4.43. The first-order valence-electron chi connectivity index (χ1n) is 10.5. The molecule has 0 bridgehead atoms. The Morgan fingerprint density at radius 3 is 2.57 bits per heavy atom. The zero-order valence-corrected chi connectivity index (χ0v) is 18.2. The summed E-state index contributed by atoms with van der Waals surface area (Å²) in [6.45, 7) is 5.41. The Hall–Kier alpha value is -2.32. The van der Waals surface area contributed by atoms with Crippen molar-refractivity contribution in [3.8, 4) is 0 Å². The number of aromatic nitrogens is 2. The fourth-order valence-electron chi connectivity index (χ4n) is 4.02. The molecule has 160 valence electrons. The SMILES string of the molecule is CSc1ccc(CNC(=O)C2CCN(c3cncnc3N3CCOCC3)CC2)cc1. The highest BCUT2D eigenvalue weighted by molar-refractivity contribution is 7.98. The van der Waals surface area contributed by atoms with Gasteiger partial charge in [-0.3, -0.25) is 4.79 Å². The molecule has 2 aromatic rings. The number of nitrogens with zero attached hydrogens (tertiary/aromatic N) is 4. The number of amides is 1. The van der Waals surface area contributed by atoms with Crippen LogP contribution in [0.15, 0.2) is 41.7 Å². The second-order valence-corrected chi connectivity index (χ2v) is 8.54. The number of morpholine rings is 1. The topological polar surface area (TPSA) is 70.6 Å². The zero-order chi connectivity index (χ0) is 20.8. The van der Waals surface area contributed by atoms with Crippen molar-refractivity contribution in [2.75, 3.05) is 55.4 Å². The predicted octanol–water partition coefficient (Wildman–Crippen LogP) is 2.57. The number of hydrogen-bond donors (Lipinski definition) is 1. The van der Waals surface area contributed by atoms with E-state index in [1.807, 2.05) is 6.20 Å². The second-order valence-electron chi connectivity index (χ2n) is 7.66. The molecule has 0 spiro atoms. The van der Waals surface area contributed by atoms with E-state index in [0.717, 1.165) is 69.3 Å². The number of anilines is 2. The normalized spacial score (nSPS) is 17.8. The summed E-state index contributed by atoms with van der Waals surface area (Å²) in [6.07, 6.45) is 7.26. The van der Waals surface area contributed by atoms with Crippen LogP contribution < -0.4 is 15.1 Å². The number of thioether (sulfide) groups is 1. The minimum atomic E-state index is 0.0585. The van der Waals surface area contributed by atoms with E-state index >= 15 is 0 Å². The number of carbonyl (C=O) groups excluding carboxylic acids is 1. The second kappa shape index (κ2) is 10.1. The first-order chi connectivity index (χ1) is 14.7. The van der Waals surface area contributed by atoms with E-state index in [1.165, 1.54) is 4.90 Å². The van der Waals surface area contributed by atoms with Crippen molar-refractivity contribution in [2.45, 2.75) is 24.3 Å². The number of ether oxygens (including phenoxy) is 1. The minimum Gasteiger partial charge on any atom is -0.378 e. The highest BCUT2D eigenvalue weighted by Gasteiger charge is 2.27. The van der Waals surface area contributed by atoms with Crippen LogP contribution in [0.1, 0.15) is 18.4 Å². The van der Waals surface area contributed by atoms with E-state index in [1.54, 1.807) is 18.1 Å². The molecule has 0 atom stereocenters. The lowest BCUT2D eigenvalue weighted by Crippen LogP contribution is -2.42. The van der Waals surface area contributed by atoms with Gasteiger partial charge in [-0.05, 0) is 36.8 Å². The van der Waals surface area contributed by atoms with Crippen molar-refractivity contribution in [3.05, 3.63) is 42.4 Å². The number of carbonyl (C=O) groups is 1. The predicted molar refractivity (Wildman–Crippen MR) is 120 cm³/mol. The summed E-state index contributed by atoms with van der Waals surface area (Å²) in [5.41, 5.74) is 2.20. The van der Waals surface area contributed by atoms with Crippen molar-refractivity contribution >= 4 is 29.2 Å². The highest BCUT2D eigenvalue weighted by atomic mass is 32.2. The van der Waals surface area contributed by atoms with Crippen LogP contribution in [0.25, 0.3) is 0 Å². The number of benzene rings is 1. The Balaban J connectivity index is 1.31. The maximum absolute atomic E-state index is 12.7. The maximum atomic E-state index is 12.7. The van der Waals surface area contributed by atoms with Gasteiger partial charge in [0.2, 0.25) is 5.91 Å². The summed E-state index contributed by atoms with van der Waals surface area (Å²) in [5.74, 6) is 1.19. The highest BCUT2D eigenvalue weighted by Crippen LogP contribution is 2.30. The Bertz CT molecular complexity index is 834. The van der Waals surface area contributed by atoms with Gasteiger partial charge in [0.25, 0.3) is 0 Å². The third-order valence-electron chi connectivity index (χ3n) is 5.82. The molecule has 2 fully saturated rings. The molecule has 0 saturated carbocycles. The average molecular weight is 428 g/mol. The Kier molecular flexibility index (Phi) is 7.07. The van der Waals surface area contributed by atoms with Gasteiger partial charge in [-0.25, -0.2) is 9.97 Å². The van der Waals surface area contributed by atoms with E-state index in [-0.39, 0.29) is 11.8 Å². The molecule has 1 amide bonds. The van der Waals surface area contributed by atoms with Gasteiger partial charge >= 0.3 is 0 Å². The van der Waals surface area contributed by atoms with E-state index in [2.05, 4.69) is 55.6 Å². The van der Waals surface area contributed by atoms with E-state index in [9.17, 15) is 4.79 Å². The van der Waals surface area contributed by atoms with Gasteiger partial charge in [0, 0.05) is 43.5 Å². The molecular weight excluding hydrogens is 398 g/mol. The summed E-state index contributed by atoms with van der Waals surface area (Å²) in [5, 5.41) is 3.11. The van der Waals surface area contributed by atoms with Crippen LogP contribution in [0.2, 0.25) is 0 Å². The van der Waals surface area contributed by atoms with Gasteiger partial charge < -0.3 is 19.9 Å². The van der Waals surface area contributed by atoms with E-state index in [0.29, 0.717) is 6.54 Å². The third-order valence-corrected chi connectivity index (χ3v) is 6.56. The molecule has 1 aromatic heterocycles. The van der Waals surface area contributed by atoms with Gasteiger partial charge in [-0.1, -0.05) is 12.1 Å². The van der Waals surface area contributed by atoms with Gasteiger partial charge in [0.05, 0.1) is 25.1 Å². The van der Waals surface area contributed by atoms with Crippen LogP contribution in [0.5, 0.6) is 0 Å². The maximum Gasteiger partial charge on any atom is 0.223 e. The molecule has 2 aliphatic rings. The van der Waals surface area contributed by atoms with Gasteiger partial charge in [0.1, 0.15) is 6.33 Å². The Morgan fingerprint density at radius 1 is 1.13 bits per heavy atom. The average Bonchev–Trinajstić information content (AvgIpc) is 2.83. The largest absolute Gasteiger partial charge is 0.378 e. The Labute approximate surface area is 182 Å². The van der Waals surface area contributed by atoms with Crippen molar-refractivity contribution < 1.29 is 9.53 Å². The first-order valence-corrected chi connectivity index (χ1v) is 11.8. The summed E-state index contributed by atoms with van der Waals surface area (Å²) in [6, 6.07) is 8.35. The van der Waals surface area contributed by atoms with Crippen LogP contribution in [0.3, 0.4) is 0 Å². The fraction of sp³-hybridized carbons (Fsp3) is 0.500. The number of hydrogen-bond acceptors (Lipinski definition) is 7. The number of piperidine rings is 1. The standard InChI is InChI=1S/C22H29N5O2S/c1-30-19-4-2-17(3-5-19)14-24-22(28)18-6-8-26(9-7-18)20-15-23-16-25-21(20)27-10-12-29-13-11-27/h2-5,15-16,18H,6-14H2,1H3,(H,24,28). The van der Waals surface area contributed by atoms with Crippen molar-refractivity contribution in [1.82, 2.24) is 15.3 Å².